The Morgan fingerprint density at radius 3 is 2.88 bits per heavy atom. The van der Waals surface area contributed by atoms with E-state index in [0.29, 0.717) is 37.5 Å². The number of hydrogen-bond donors (Lipinski definition) is 1. The van der Waals surface area contributed by atoms with Crippen LogP contribution in [0, 0.1) is 0 Å². The molecule has 24 heavy (non-hydrogen) atoms. The highest BCUT2D eigenvalue weighted by Crippen LogP contribution is 2.21. The first kappa shape index (κ1) is 15.1. The topological polar surface area (TPSA) is 75.3 Å². The second kappa shape index (κ2) is 6.20. The van der Waals surface area contributed by atoms with E-state index in [4.69, 9.17) is 4.74 Å². The van der Waals surface area contributed by atoms with Crippen LogP contribution in [0.25, 0.3) is 11.4 Å². The average molecular weight is 325 g/mol. The maximum Gasteiger partial charge on any atom is 0.256 e. The number of nitrogens with zero attached hydrogens (tertiary/aromatic N) is 2. The molecule has 0 spiro atoms. The molecule has 0 bridgehead atoms. The van der Waals surface area contributed by atoms with E-state index in [9.17, 15) is 9.59 Å². The van der Waals surface area contributed by atoms with E-state index in [2.05, 4.69) is 9.97 Å². The van der Waals surface area contributed by atoms with Gasteiger partial charge < -0.3 is 14.6 Å². The molecule has 1 aromatic carbocycles. The van der Waals surface area contributed by atoms with Gasteiger partial charge in [-0.15, -0.1) is 0 Å². The van der Waals surface area contributed by atoms with Crippen LogP contribution >= 0.6 is 0 Å². The van der Waals surface area contributed by atoms with Crippen LogP contribution in [0.2, 0.25) is 0 Å². The van der Waals surface area contributed by atoms with Gasteiger partial charge in [0.05, 0.1) is 17.8 Å². The number of carbonyl (C=O) groups excluding carboxylic acids is 1. The maximum absolute atomic E-state index is 12.5. The summed E-state index contributed by atoms with van der Waals surface area (Å²) in [7, 11) is 0. The normalized spacial score (nSPS) is 20.0. The highest BCUT2D eigenvalue weighted by atomic mass is 16.5. The van der Waals surface area contributed by atoms with Crippen LogP contribution in [-0.4, -0.2) is 40.0 Å². The first-order valence-corrected chi connectivity index (χ1v) is 8.30. The van der Waals surface area contributed by atoms with Crippen LogP contribution in [0.15, 0.2) is 35.1 Å². The van der Waals surface area contributed by atoms with Gasteiger partial charge in [-0.25, -0.2) is 4.98 Å². The number of benzene rings is 1. The second-order valence-corrected chi connectivity index (χ2v) is 6.22. The van der Waals surface area contributed by atoms with E-state index in [1.54, 1.807) is 4.90 Å². The summed E-state index contributed by atoms with van der Waals surface area (Å²) in [6.45, 7) is 1.53. The van der Waals surface area contributed by atoms with Gasteiger partial charge in [0, 0.05) is 25.1 Å². The Kier molecular flexibility index (Phi) is 3.90. The van der Waals surface area contributed by atoms with Gasteiger partial charge in [-0.1, -0.05) is 30.3 Å². The van der Waals surface area contributed by atoms with Crippen molar-refractivity contribution in [3.63, 3.8) is 0 Å². The molecule has 3 heterocycles. The molecule has 2 aromatic rings. The summed E-state index contributed by atoms with van der Waals surface area (Å²) in [5.74, 6) is 0.572. The smallest absolute Gasteiger partial charge is 0.256 e. The quantitative estimate of drug-likeness (QED) is 0.908. The number of amides is 1. The number of fused-ring (bicyclic) bond motifs is 1. The van der Waals surface area contributed by atoms with E-state index in [-0.39, 0.29) is 17.6 Å². The predicted octanol–water partition coefficient (Wildman–Crippen LogP) is 1.50. The minimum Gasteiger partial charge on any atom is -0.368 e. The molecule has 1 aromatic heterocycles. The number of hydrogen-bond acceptors (Lipinski definition) is 4. The van der Waals surface area contributed by atoms with Crippen molar-refractivity contribution in [2.45, 2.75) is 31.9 Å². The monoisotopic (exact) mass is 325 g/mol. The first-order valence-electron chi connectivity index (χ1n) is 8.30. The van der Waals surface area contributed by atoms with E-state index >= 15 is 0 Å². The molecule has 4 rings (SSSR count). The van der Waals surface area contributed by atoms with Crippen molar-refractivity contribution in [2.24, 2.45) is 0 Å². The molecule has 2 aliphatic heterocycles. The number of aromatic amines is 1. The number of ether oxygens (including phenoxy) is 1. The zero-order valence-electron chi connectivity index (χ0n) is 13.3. The van der Waals surface area contributed by atoms with E-state index < -0.39 is 0 Å². The lowest BCUT2D eigenvalue weighted by Crippen LogP contribution is -2.44. The molecule has 1 N–H and O–H groups in total. The van der Waals surface area contributed by atoms with Crippen LogP contribution in [0.3, 0.4) is 0 Å². The summed E-state index contributed by atoms with van der Waals surface area (Å²) in [6, 6.07) is 9.59. The lowest BCUT2D eigenvalue weighted by molar-refractivity contribution is -0.141. The Hall–Kier alpha value is -2.47. The molecule has 1 amide bonds. The molecule has 1 atom stereocenters. The Balaban J connectivity index is 1.61. The Labute approximate surface area is 139 Å². The van der Waals surface area contributed by atoms with Crippen molar-refractivity contribution in [1.82, 2.24) is 14.9 Å². The zero-order valence-corrected chi connectivity index (χ0v) is 13.3. The minimum atomic E-state index is -0.345. The Morgan fingerprint density at radius 1 is 1.29 bits per heavy atom. The summed E-state index contributed by atoms with van der Waals surface area (Å²) < 4.78 is 5.47. The third-order valence-electron chi connectivity index (χ3n) is 4.63. The van der Waals surface area contributed by atoms with Crippen LogP contribution in [0.5, 0.6) is 0 Å². The maximum atomic E-state index is 12.5. The third-order valence-corrected chi connectivity index (χ3v) is 4.63. The molecule has 0 radical (unpaired) electrons. The molecule has 1 fully saturated rings. The van der Waals surface area contributed by atoms with Crippen molar-refractivity contribution >= 4 is 5.91 Å². The molecule has 0 aliphatic carbocycles. The van der Waals surface area contributed by atoms with Gasteiger partial charge >= 0.3 is 0 Å². The van der Waals surface area contributed by atoms with E-state index in [0.717, 1.165) is 24.1 Å². The fourth-order valence-electron chi connectivity index (χ4n) is 3.32. The lowest BCUT2D eigenvalue weighted by Gasteiger charge is -2.29. The largest absolute Gasteiger partial charge is 0.368 e. The van der Waals surface area contributed by atoms with Gasteiger partial charge in [0.15, 0.2) is 0 Å². The SMILES string of the molecule is O=C([C@H]1CCCO1)N1CCc2nc(-c3ccccc3)[nH]c(=O)c2C1. The third kappa shape index (κ3) is 2.73. The highest BCUT2D eigenvalue weighted by Gasteiger charge is 2.31. The van der Waals surface area contributed by atoms with E-state index in [1.807, 2.05) is 30.3 Å². The predicted molar refractivity (Wildman–Crippen MR) is 88.4 cm³/mol. The lowest BCUT2D eigenvalue weighted by atomic mass is 10.1. The van der Waals surface area contributed by atoms with Crippen LogP contribution in [0.1, 0.15) is 24.1 Å². The van der Waals surface area contributed by atoms with Crippen molar-refractivity contribution in [3.05, 3.63) is 51.9 Å². The highest BCUT2D eigenvalue weighted by molar-refractivity contribution is 5.81. The van der Waals surface area contributed by atoms with Crippen LogP contribution < -0.4 is 5.56 Å². The van der Waals surface area contributed by atoms with E-state index in [1.165, 1.54) is 0 Å². The van der Waals surface area contributed by atoms with Crippen LogP contribution in [-0.2, 0) is 22.5 Å². The summed E-state index contributed by atoms with van der Waals surface area (Å²) in [5, 5.41) is 0. The van der Waals surface area contributed by atoms with Crippen molar-refractivity contribution in [3.8, 4) is 11.4 Å². The summed E-state index contributed by atoms with van der Waals surface area (Å²) >= 11 is 0. The number of nitrogens with one attached hydrogen (secondary N) is 1. The molecular formula is C18H19N3O3. The van der Waals surface area contributed by atoms with Crippen molar-refractivity contribution < 1.29 is 9.53 Å². The number of carbonyl (C=O) groups is 1. The minimum absolute atomic E-state index is 0.00955. The van der Waals surface area contributed by atoms with Gasteiger partial charge in [0.2, 0.25) is 0 Å². The van der Waals surface area contributed by atoms with Crippen molar-refractivity contribution in [2.75, 3.05) is 13.2 Å². The molecule has 0 unspecified atom stereocenters. The Morgan fingerprint density at radius 2 is 2.12 bits per heavy atom. The fourth-order valence-corrected chi connectivity index (χ4v) is 3.32. The molecule has 2 aliphatic rings. The van der Waals surface area contributed by atoms with Gasteiger partial charge in [-0.3, -0.25) is 9.59 Å². The van der Waals surface area contributed by atoms with Gasteiger partial charge in [0.1, 0.15) is 11.9 Å². The van der Waals surface area contributed by atoms with Gasteiger partial charge in [-0.2, -0.15) is 0 Å². The first-order chi connectivity index (χ1) is 11.7. The van der Waals surface area contributed by atoms with Crippen LogP contribution in [0.4, 0.5) is 0 Å². The van der Waals surface area contributed by atoms with Gasteiger partial charge in [0.25, 0.3) is 11.5 Å². The summed E-state index contributed by atoms with van der Waals surface area (Å²) in [4.78, 5) is 34.1. The number of rotatable bonds is 2. The van der Waals surface area contributed by atoms with Crippen molar-refractivity contribution in [1.29, 1.82) is 0 Å². The molecule has 6 heteroatoms. The number of aromatic nitrogens is 2. The molecule has 0 saturated carbocycles. The molecule has 1 saturated heterocycles. The zero-order chi connectivity index (χ0) is 16.5. The van der Waals surface area contributed by atoms with Gasteiger partial charge in [-0.05, 0) is 12.8 Å². The molecule has 124 valence electrons. The Bertz CT molecular complexity index is 810. The fraction of sp³-hybridized carbons (Fsp3) is 0.389. The summed E-state index contributed by atoms with van der Waals surface area (Å²) in [6.07, 6.45) is 1.94. The summed E-state index contributed by atoms with van der Waals surface area (Å²) in [5.41, 5.74) is 2.10. The molecule has 6 nitrogen and oxygen atoms in total. The standard InChI is InChI=1S/C18H19N3O3/c22-17-13-11-21(18(23)15-7-4-10-24-15)9-8-14(13)19-16(20-17)12-5-2-1-3-6-12/h1-3,5-6,15H,4,7-11H2,(H,19,20,22)/t15-/m1/s1. The number of H-pyrrole nitrogens is 1. The molecular weight excluding hydrogens is 306 g/mol. The second-order valence-electron chi connectivity index (χ2n) is 6.22. The average Bonchev–Trinajstić information content (AvgIpc) is 3.16.